The monoisotopic (exact) mass is 149 g/mol. The van der Waals surface area contributed by atoms with Crippen LogP contribution >= 0.6 is 0 Å². The second kappa shape index (κ2) is 1.88. The predicted octanol–water partition coefficient (Wildman–Crippen LogP) is 0.438. The summed E-state index contributed by atoms with van der Waals surface area (Å²) >= 11 is 0. The fourth-order valence-electron chi connectivity index (χ4n) is 1.09. The van der Waals surface area contributed by atoms with Gasteiger partial charge < -0.3 is 15.7 Å². The minimum atomic E-state index is -0.140. The lowest BCUT2D eigenvalue weighted by molar-refractivity contribution is 1.26. The van der Waals surface area contributed by atoms with Crippen LogP contribution in [0.2, 0.25) is 0 Å². The van der Waals surface area contributed by atoms with Gasteiger partial charge in [-0.3, -0.25) is 4.79 Å². The van der Waals surface area contributed by atoms with E-state index in [1.165, 1.54) is 0 Å². The molecular weight excluding hydrogens is 142 g/mol. The van der Waals surface area contributed by atoms with Crippen LogP contribution in [0, 0.1) is 0 Å². The molecule has 2 heterocycles. The number of nitrogens with two attached hydrogens (primary N) is 1. The molecular formula is C7H7N3O. The van der Waals surface area contributed by atoms with Crippen LogP contribution in [0.5, 0.6) is 0 Å². The maximum Gasteiger partial charge on any atom is 0.272 e. The van der Waals surface area contributed by atoms with Gasteiger partial charge in [-0.05, 0) is 6.07 Å². The number of rotatable bonds is 0. The Labute approximate surface area is 62.0 Å². The zero-order chi connectivity index (χ0) is 7.84. The minimum absolute atomic E-state index is 0.140. The molecule has 2 aromatic rings. The molecule has 0 fully saturated rings. The highest BCUT2D eigenvalue weighted by Gasteiger charge is 2.00. The number of aromatic amines is 2. The van der Waals surface area contributed by atoms with Crippen LogP contribution in [0.4, 0.5) is 5.69 Å². The summed E-state index contributed by atoms with van der Waals surface area (Å²) in [5, 5.41) is 0.772. The molecule has 0 aliphatic heterocycles. The summed E-state index contributed by atoms with van der Waals surface area (Å²) < 4.78 is 0. The van der Waals surface area contributed by atoms with Crippen molar-refractivity contribution in [1.82, 2.24) is 9.97 Å². The molecule has 0 aliphatic carbocycles. The zero-order valence-corrected chi connectivity index (χ0v) is 5.72. The Morgan fingerprint density at radius 3 is 2.91 bits per heavy atom. The third-order valence-corrected chi connectivity index (χ3v) is 1.64. The van der Waals surface area contributed by atoms with Crippen molar-refractivity contribution in [2.75, 3.05) is 5.73 Å². The van der Waals surface area contributed by atoms with E-state index in [2.05, 4.69) is 9.97 Å². The molecule has 0 aliphatic rings. The van der Waals surface area contributed by atoms with Crippen LogP contribution in [0.25, 0.3) is 10.9 Å². The molecule has 2 aromatic heterocycles. The van der Waals surface area contributed by atoms with Crippen molar-refractivity contribution < 1.29 is 0 Å². The molecule has 0 spiro atoms. The third-order valence-electron chi connectivity index (χ3n) is 1.64. The van der Waals surface area contributed by atoms with E-state index in [0.717, 1.165) is 5.39 Å². The van der Waals surface area contributed by atoms with Gasteiger partial charge in [0.2, 0.25) is 0 Å². The van der Waals surface area contributed by atoms with E-state index >= 15 is 0 Å². The van der Waals surface area contributed by atoms with Crippen molar-refractivity contribution in [2.24, 2.45) is 0 Å². The van der Waals surface area contributed by atoms with Gasteiger partial charge in [-0.25, -0.2) is 0 Å². The van der Waals surface area contributed by atoms with Crippen LogP contribution in [-0.4, -0.2) is 9.97 Å². The SMILES string of the molecule is Nc1c[nH]c2c(=O)[nH]ccc12. The van der Waals surface area contributed by atoms with E-state index in [1.807, 2.05) is 0 Å². The van der Waals surface area contributed by atoms with E-state index in [9.17, 15) is 4.79 Å². The average molecular weight is 149 g/mol. The molecule has 2 rings (SSSR count). The van der Waals surface area contributed by atoms with Crippen molar-refractivity contribution in [3.8, 4) is 0 Å². The summed E-state index contributed by atoms with van der Waals surface area (Å²) in [7, 11) is 0. The smallest absolute Gasteiger partial charge is 0.272 e. The van der Waals surface area contributed by atoms with Crippen LogP contribution < -0.4 is 11.3 Å². The zero-order valence-electron chi connectivity index (χ0n) is 5.72. The number of anilines is 1. The first-order valence-electron chi connectivity index (χ1n) is 3.23. The highest BCUT2D eigenvalue weighted by molar-refractivity contribution is 5.90. The molecule has 0 amide bonds. The molecule has 0 saturated heterocycles. The summed E-state index contributed by atoms with van der Waals surface area (Å²) in [4.78, 5) is 16.4. The van der Waals surface area contributed by atoms with Gasteiger partial charge in [0.05, 0.1) is 5.69 Å². The van der Waals surface area contributed by atoms with E-state index in [1.54, 1.807) is 18.5 Å². The Morgan fingerprint density at radius 1 is 1.36 bits per heavy atom. The molecule has 0 radical (unpaired) electrons. The lowest BCUT2D eigenvalue weighted by Crippen LogP contribution is -2.03. The van der Waals surface area contributed by atoms with Crippen LogP contribution in [0.15, 0.2) is 23.3 Å². The van der Waals surface area contributed by atoms with Crippen molar-refractivity contribution in [3.63, 3.8) is 0 Å². The van der Waals surface area contributed by atoms with Gasteiger partial charge in [-0.2, -0.15) is 0 Å². The lowest BCUT2D eigenvalue weighted by atomic mass is 10.3. The number of aromatic nitrogens is 2. The average Bonchev–Trinajstić information content (AvgIpc) is 2.35. The summed E-state index contributed by atoms with van der Waals surface area (Å²) in [6.07, 6.45) is 3.19. The summed E-state index contributed by atoms with van der Waals surface area (Å²) in [6, 6.07) is 1.77. The van der Waals surface area contributed by atoms with Gasteiger partial charge in [0.15, 0.2) is 0 Å². The molecule has 11 heavy (non-hydrogen) atoms. The van der Waals surface area contributed by atoms with E-state index in [-0.39, 0.29) is 5.56 Å². The number of hydrogen-bond donors (Lipinski definition) is 3. The Balaban J connectivity index is 3.06. The van der Waals surface area contributed by atoms with E-state index in [0.29, 0.717) is 11.2 Å². The third kappa shape index (κ3) is 0.724. The molecule has 56 valence electrons. The Morgan fingerprint density at radius 2 is 2.18 bits per heavy atom. The Kier molecular flexibility index (Phi) is 1.03. The standard InChI is InChI=1S/C7H7N3O/c8-5-3-10-6-4(5)1-2-9-7(6)11/h1-3,10H,8H2,(H,9,11). The summed E-state index contributed by atoms with van der Waals surface area (Å²) in [5.74, 6) is 0. The largest absolute Gasteiger partial charge is 0.397 e. The molecule has 0 unspecified atom stereocenters. The first-order valence-corrected chi connectivity index (χ1v) is 3.23. The molecule has 4 heteroatoms. The maximum atomic E-state index is 11.0. The van der Waals surface area contributed by atoms with Gasteiger partial charge in [-0.15, -0.1) is 0 Å². The number of nitrogens with one attached hydrogen (secondary N) is 2. The van der Waals surface area contributed by atoms with E-state index in [4.69, 9.17) is 5.73 Å². The van der Waals surface area contributed by atoms with Crippen molar-refractivity contribution in [3.05, 3.63) is 28.8 Å². The number of hydrogen-bond acceptors (Lipinski definition) is 2. The maximum absolute atomic E-state index is 11.0. The van der Waals surface area contributed by atoms with Gasteiger partial charge in [0, 0.05) is 17.8 Å². The normalized spacial score (nSPS) is 10.5. The first-order chi connectivity index (χ1) is 5.29. The van der Waals surface area contributed by atoms with Gasteiger partial charge in [0.25, 0.3) is 5.56 Å². The highest BCUT2D eigenvalue weighted by Crippen LogP contribution is 2.14. The molecule has 4 nitrogen and oxygen atoms in total. The first kappa shape index (κ1) is 6.03. The second-order valence-corrected chi connectivity index (χ2v) is 2.34. The van der Waals surface area contributed by atoms with Gasteiger partial charge in [0.1, 0.15) is 5.52 Å². The number of pyridine rings is 1. The molecule has 4 N–H and O–H groups in total. The van der Waals surface area contributed by atoms with E-state index < -0.39 is 0 Å². The van der Waals surface area contributed by atoms with Crippen LogP contribution in [0.3, 0.4) is 0 Å². The number of fused-ring (bicyclic) bond motifs is 1. The van der Waals surface area contributed by atoms with Crippen LogP contribution in [0.1, 0.15) is 0 Å². The predicted molar refractivity (Wildman–Crippen MR) is 43.3 cm³/mol. The molecule has 0 saturated carbocycles. The number of H-pyrrole nitrogens is 2. The lowest BCUT2D eigenvalue weighted by Gasteiger charge is -1.87. The second-order valence-electron chi connectivity index (χ2n) is 2.34. The molecule has 0 aromatic carbocycles. The Hall–Kier alpha value is -1.71. The quantitative estimate of drug-likeness (QED) is 0.508. The molecule has 0 atom stereocenters. The van der Waals surface area contributed by atoms with Gasteiger partial charge in [-0.1, -0.05) is 0 Å². The summed E-state index contributed by atoms with van der Waals surface area (Å²) in [6.45, 7) is 0. The number of nitrogen functional groups attached to an aromatic ring is 1. The topological polar surface area (TPSA) is 74.7 Å². The fourth-order valence-corrected chi connectivity index (χ4v) is 1.09. The Bertz CT molecular complexity index is 440. The van der Waals surface area contributed by atoms with Gasteiger partial charge >= 0.3 is 0 Å². The molecule has 0 bridgehead atoms. The van der Waals surface area contributed by atoms with Crippen molar-refractivity contribution >= 4 is 16.6 Å². The fraction of sp³-hybridized carbons (Fsp3) is 0. The van der Waals surface area contributed by atoms with Crippen molar-refractivity contribution in [2.45, 2.75) is 0 Å². The summed E-state index contributed by atoms with van der Waals surface area (Å²) in [5.41, 5.74) is 6.56. The van der Waals surface area contributed by atoms with Crippen LogP contribution in [-0.2, 0) is 0 Å². The highest BCUT2D eigenvalue weighted by atomic mass is 16.1. The van der Waals surface area contributed by atoms with Crippen molar-refractivity contribution in [1.29, 1.82) is 0 Å². The minimum Gasteiger partial charge on any atom is -0.397 e.